The summed E-state index contributed by atoms with van der Waals surface area (Å²) in [6, 6.07) is 44.7. The van der Waals surface area contributed by atoms with E-state index < -0.39 is 0 Å². The lowest BCUT2D eigenvalue weighted by Gasteiger charge is -2.28. The van der Waals surface area contributed by atoms with Crippen LogP contribution in [0.2, 0.25) is 0 Å². The summed E-state index contributed by atoms with van der Waals surface area (Å²) in [5.41, 5.74) is 11.1. The van der Waals surface area contributed by atoms with Crippen molar-refractivity contribution < 1.29 is 8.83 Å². The maximum atomic E-state index is 6.25. The molecule has 0 unspecified atom stereocenters. The summed E-state index contributed by atoms with van der Waals surface area (Å²) in [5.74, 6) is 0.811. The van der Waals surface area contributed by atoms with Gasteiger partial charge in [0.2, 0.25) is 11.6 Å². The number of furan rings is 2. The van der Waals surface area contributed by atoms with Gasteiger partial charge in [0, 0.05) is 57.5 Å². The lowest BCUT2D eigenvalue weighted by molar-refractivity contribution is 0.628. The summed E-state index contributed by atoms with van der Waals surface area (Å²) in [4.78, 5) is 6.76. The first kappa shape index (κ1) is 25.4. The number of nitrogens with one attached hydrogen (secondary N) is 1. The second-order valence-electron chi connectivity index (χ2n) is 11.2. The molecule has 0 saturated carbocycles. The molecule has 0 spiro atoms. The van der Waals surface area contributed by atoms with Gasteiger partial charge in [-0.3, -0.25) is 0 Å². The number of aromatic nitrogens is 1. The number of benzene rings is 5. The molecule has 0 radical (unpaired) electrons. The molecule has 0 bridgehead atoms. The predicted octanol–water partition coefficient (Wildman–Crippen LogP) is 11.0. The Bertz CT molecular complexity index is 2380. The Labute approximate surface area is 259 Å². The van der Waals surface area contributed by atoms with Crippen LogP contribution in [0.5, 0.6) is 0 Å². The van der Waals surface area contributed by atoms with Crippen molar-refractivity contribution in [3.05, 3.63) is 145 Å². The minimum Gasteiger partial charge on any atom is -0.440 e. The lowest BCUT2D eigenvalue weighted by Crippen LogP contribution is -2.11. The third-order valence-corrected chi connectivity index (χ3v) is 8.57. The minimum atomic E-state index is 0.640. The van der Waals surface area contributed by atoms with Gasteiger partial charge in [-0.05, 0) is 65.2 Å². The summed E-state index contributed by atoms with van der Waals surface area (Å²) >= 11 is 0. The molecule has 0 atom stereocenters. The number of rotatable bonds is 5. The maximum absolute atomic E-state index is 6.25. The highest BCUT2D eigenvalue weighted by molar-refractivity contribution is 6.05. The molecule has 1 N–H and O–H groups in total. The number of hydrogen-bond acceptors (Lipinski definition) is 5. The van der Waals surface area contributed by atoms with Crippen molar-refractivity contribution in [3.8, 4) is 22.3 Å². The quantitative estimate of drug-likeness (QED) is 0.219. The first-order valence-corrected chi connectivity index (χ1v) is 15.1. The molecule has 5 nitrogen and oxygen atoms in total. The molecule has 3 aromatic heterocycles. The summed E-state index contributed by atoms with van der Waals surface area (Å²) in [6.45, 7) is 0.759. The van der Waals surface area contributed by atoms with Crippen LogP contribution in [0.25, 0.3) is 61.4 Å². The standard InChI is InChI=1S/C40H27N3O2/c1-2-8-26(9-3-1)27-14-16-28(17-15-27)31-10-4-5-13-36(31)43(29-19-21-37-35(24-29)34-12-7-23-42-40(34)44-37)30-18-20-32-33-11-6-22-41-39(33)45-38(32)25-30/h1-22,24-25,42H,23H2. The van der Waals surface area contributed by atoms with Gasteiger partial charge in [0.25, 0.3) is 0 Å². The van der Waals surface area contributed by atoms with E-state index in [1.54, 1.807) is 6.20 Å². The molecular weight excluding hydrogens is 554 g/mol. The normalized spacial score (nSPS) is 12.4. The highest BCUT2D eigenvalue weighted by Crippen LogP contribution is 2.44. The zero-order chi connectivity index (χ0) is 29.7. The van der Waals surface area contributed by atoms with Gasteiger partial charge in [0.05, 0.1) is 5.69 Å². The van der Waals surface area contributed by atoms with E-state index >= 15 is 0 Å². The van der Waals surface area contributed by atoms with Crippen molar-refractivity contribution in [2.75, 3.05) is 16.8 Å². The molecule has 5 aromatic carbocycles. The Hall–Kier alpha value is -6.07. The monoisotopic (exact) mass is 581 g/mol. The molecule has 8 aromatic rings. The van der Waals surface area contributed by atoms with E-state index in [1.807, 2.05) is 12.1 Å². The number of anilines is 4. The smallest absolute Gasteiger partial charge is 0.227 e. The van der Waals surface area contributed by atoms with Crippen molar-refractivity contribution in [1.82, 2.24) is 4.98 Å². The minimum absolute atomic E-state index is 0.640. The first-order valence-electron chi connectivity index (χ1n) is 15.1. The average Bonchev–Trinajstić information content (AvgIpc) is 3.67. The fourth-order valence-corrected chi connectivity index (χ4v) is 6.42. The third kappa shape index (κ3) is 4.28. The van der Waals surface area contributed by atoms with Crippen LogP contribution in [0.1, 0.15) is 5.56 Å². The number of nitrogens with zero attached hydrogens (tertiary/aromatic N) is 2. The summed E-state index contributed by atoms with van der Waals surface area (Å²) in [7, 11) is 0. The van der Waals surface area contributed by atoms with Crippen molar-refractivity contribution >= 4 is 62.1 Å². The van der Waals surface area contributed by atoms with E-state index in [1.165, 1.54) is 11.1 Å². The van der Waals surface area contributed by atoms with Crippen molar-refractivity contribution in [2.24, 2.45) is 0 Å². The van der Waals surface area contributed by atoms with E-state index in [-0.39, 0.29) is 0 Å². The van der Waals surface area contributed by atoms with Crippen LogP contribution >= 0.6 is 0 Å². The summed E-state index contributed by atoms with van der Waals surface area (Å²) in [5, 5.41) is 6.48. The molecule has 9 rings (SSSR count). The molecule has 1 aliphatic heterocycles. The van der Waals surface area contributed by atoms with Crippen LogP contribution in [-0.2, 0) is 0 Å². The van der Waals surface area contributed by atoms with E-state index in [0.717, 1.165) is 73.5 Å². The summed E-state index contributed by atoms with van der Waals surface area (Å²) in [6.07, 6.45) is 6.03. The van der Waals surface area contributed by atoms with Crippen LogP contribution in [0.15, 0.2) is 149 Å². The Morgan fingerprint density at radius 3 is 2.29 bits per heavy atom. The van der Waals surface area contributed by atoms with Gasteiger partial charge in [-0.25, -0.2) is 4.98 Å². The molecule has 1 aliphatic rings. The predicted molar refractivity (Wildman–Crippen MR) is 184 cm³/mol. The first-order chi connectivity index (χ1) is 22.3. The lowest BCUT2D eigenvalue weighted by atomic mass is 9.98. The van der Waals surface area contributed by atoms with E-state index in [0.29, 0.717) is 5.71 Å². The molecule has 5 heteroatoms. The zero-order valence-electron chi connectivity index (χ0n) is 24.3. The van der Waals surface area contributed by atoms with Crippen molar-refractivity contribution in [2.45, 2.75) is 0 Å². The number of fused-ring (bicyclic) bond motifs is 6. The Balaban J connectivity index is 1.24. The van der Waals surface area contributed by atoms with Crippen LogP contribution in [0.3, 0.4) is 0 Å². The zero-order valence-corrected chi connectivity index (χ0v) is 24.3. The van der Waals surface area contributed by atoms with Gasteiger partial charge in [0.1, 0.15) is 11.2 Å². The number of para-hydroxylation sites is 1. The van der Waals surface area contributed by atoms with Gasteiger partial charge in [0.15, 0.2) is 0 Å². The van der Waals surface area contributed by atoms with Gasteiger partial charge in [-0.2, -0.15) is 0 Å². The average molecular weight is 582 g/mol. The largest absolute Gasteiger partial charge is 0.440 e. The number of pyridine rings is 1. The van der Waals surface area contributed by atoms with E-state index in [2.05, 4.69) is 143 Å². The molecule has 4 heterocycles. The second kappa shape index (κ2) is 10.3. The highest BCUT2D eigenvalue weighted by Gasteiger charge is 2.21. The topological polar surface area (TPSA) is 54.4 Å². The molecule has 0 aliphatic carbocycles. The SMILES string of the molecule is C1=Cc2c(oc3ccc(N(c4ccc5c(c4)oc4ncccc45)c4ccccc4-c4ccc(-c5ccccc5)cc4)cc23)NC1. The van der Waals surface area contributed by atoms with Crippen LogP contribution < -0.4 is 10.2 Å². The summed E-state index contributed by atoms with van der Waals surface area (Å²) < 4.78 is 12.4. The van der Waals surface area contributed by atoms with Gasteiger partial charge >= 0.3 is 0 Å². The van der Waals surface area contributed by atoms with E-state index in [9.17, 15) is 0 Å². The molecule has 0 amide bonds. The Morgan fingerprint density at radius 2 is 1.38 bits per heavy atom. The fourth-order valence-electron chi connectivity index (χ4n) is 6.42. The van der Waals surface area contributed by atoms with Gasteiger partial charge in [-0.1, -0.05) is 84.9 Å². The van der Waals surface area contributed by atoms with Crippen LogP contribution in [0, 0.1) is 0 Å². The number of hydrogen-bond donors (Lipinski definition) is 1. The Kier molecular flexibility index (Phi) is 5.81. The molecule has 45 heavy (non-hydrogen) atoms. The maximum Gasteiger partial charge on any atom is 0.227 e. The van der Waals surface area contributed by atoms with Crippen LogP contribution in [0.4, 0.5) is 22.9 Å². The van der Waals surface area contributed by atoms with E-state index in [4.69, 9.17) is 8.83 Å². The Morgan fingerprint density at radius 1 is 0.600 bits per heavy atom. The van der Waals surface area contributed by atoms with Gasteiger partial charge < -0.3 is 19.1 Å². The van der Waals surface area contributed by atoms with Crippen molar-refractivity contribution in [3.63, 3.8) is 0 Å². The molecular formula is C40H27N3O2. The third-order valence-electron chi connectivity index (χ3n) is 8.57. The van der Waals surface area contributed by atoms with Crippen LogP contribution in [-0.4, -0.2) is 11.5 Å². The molecule has 0 fully saturated rings. The van der Waals surface area contributed by atoms with Gasteiger partial charge in [-0.15, -0.1) is 0 Å². The fraction of sp³-hybridized carbons (Fsp3) is 0.0250. The second-order valence-corrected chi connectivity index (χ2v) is 11.2. The highest BCUT2D eigenvalue weighted by atomic mass is 16.4. The van der Waals surface area contributed by atoms with Crippen molar-refractivity contribution in [1.29, 1.82) is 0 Å². The molecule has 214 valence electrons. The molecule has 0 saturated heterocycles.